The average Bonchev–Trinajstić information content (AvgIpc) is 2.85. The van der Waals surface area contributed by atoms with Gasteiger partial charge in [0.1, 0.15) is 5.15 Å². The Balaban J connectivity index is 2.19. The summed E-state index contributed by atoms with van der Waals surface area (Å²) in [6, 6.07) is 17.2. The van der Waals surface area contributed by atoms with E-state index in [2.05, 4.69) is 5.10 Å². The van der Waals surface area contributed by atoms with Crippen LogP contribution in [0.15, 0.2) is 54.6 Å². The van der Waals surface area contributed by atoms with Crippen molar-refractivity contribution in [3.63, 3.8) is 0 Å². The molecule has 0 saturated heterocycles. The van der Waals surface area contributed by atoms with Crippen LogP contribution in [-0.2, 0) is 5.88 Å². The van der Waals surface area contributed by atoms with Gasteiger partial charge in [0.2, 0.25) is 0 Å². The zero-order chi connectivity index (χ0) is 14.8. The van der Waals surface area contributed by atoms with Crippen molar-refractivity contribution in [1.29, 1.82) is 0 Å². The summed E-state index contributed by atoms with van der Waals surface area (Å²) in [6.07, 6.45) is 0. The van der Waals surface area contributed by atoms with Crippen molar-refractivity contribution in [3.05, 3.63) is 70.3 Å². The zero-order valence-corrected chi connectivity index (χ0v) is 13.2. The van der Waals surface area contributed by atoms with E-state index >= 15 is 0 Å². The molecule has 0 aliphatic heterocycles. The first-order chi connectivity index (χ1) is 10.2. The maximum atomic E-state index is 6.44. The van der Waals surface area contributed by atoms with Gasteiger partial charge in [-0.1, -0.05) is 53.5 Å². The molecule has 0 unspecified atom stereocenters. The highest BCUT2D eigenvalue weighted by Crippen LogP contribution is 2.32. The summed E-state index contributed by atoms with van der Waals surface area (Å²) in [4.78, 5) is 0. The van der Waals surface area contributed by atoms with Crippen LogP contribution in [0, 0.1) is 0 Å². The summed E-state index contributed by atoms with van der Waals surface area (Å²) in [5, 5.41) is 5.77. The van der Waals surface area contributed by atoms with Gasteiger partial charge in [-0.3, -0.25) is 0 Å². The van der Waals surface area contributed by atoms with E-state index in [-0.39, 0.29) is 5.88 Å². The first-order valence-electron chi connectivity index (χ1n) is 6.35. The lowest BCUT2D eigenvalue weighted by atomic mass is 10.1. The Hall–Kier alpha value is -1.48. The van der Waals surface area contributed by atoms with Crippen LogP contribution in [0.3, 0.4) is 0 Å². The van der Waals surface area contributed by atoms with Crippen molar-refractivity contribution >= 4 is 34.8 Å². The molecular formula is C16H11Cl3N2. The van der Waals surface area contributed by atoms with Crippen LogP contribution in [0.5, 0.6) is 0 Å². The molecule has 2 aromatic carbocycles. The molecular weight excluding hydrogens is 327 g/mol. The lowest BCUT2D eigenvalue weighted by Crippen LogP contribution is -1.96. The predicted molar refractivity (Wildman–Crippen MR) is 88.6 cm³/mol. The summed E-state index contributed by atoms with van der Waals surface area (Å²) in [6.45, 7) is 0. The first kappa shape index (κ1) is 14.5. The number of alkyl halides is 1. The van der Waals surface area contributed by atoms with E-state index < -0.39 is 0 Å². The maximum Gasteiger partial charge on any atom is 0.137 e. The van der Waals surface area contributed by atoms with Crippen molar-refractivity contribution in [2.45, 2.75) is 5.88 Å². The second-order valence-electron chi connectivity index (χ2n) is 4.51. The van der Waals surface area contributed by atoms with Gasteiger partial charge in [0.05, 0.1) is 17.3 Å². The second-order valence-corrected chi connectivity index (χ2v) is 5.57. The molecule has 0 saturated carbocycles. The Labute approximate surface area is 137 Å². The third-order valence-corrected chi connectivity index (χ3v) is 4.04. The standard InChI is InChI=1S/C16H11Cl3N2/c17-10-14-15(11-5-4-6-12(18)9-11)20-21(16(14)19)13-7-2-1-3-8-13/h1-9H,10H2. The number of nitrogens with zero attached hydrogens (tertiary/aromatic N) is 2. The highest BCUT2D eigenvalue weighted by molar-refractivity contribution is 6.32. The summed E-state index contributed by atoms with van der Waals surface area (Å²) >= 11 is 18.5. The Morgan fingerprint density at radius 2 is 1.71 bits per heavy atom. The number of aromatic nitrogens is 2. The Kier molecular flexibility index (Phi) is 4.20. The van der Waals surface area contributed by atoms with Gasteiger partial charge in [0.25, 0.3) is 0 Å². The fourth-order valence-corrected chi connectivity index (χ4v) is 2.96. The number of para-hydroxylation sites is 1. The van der Waals surface area contributed by atoms with Crippen LogP contribution in [0.2, 0.25) is 10.2 Å². The van der Waals surface area contributed by atoms with Crippen LogP contribution in [0.4, 0.5) is 0 Å². The van der Waals surface area contributed by atoms with E-state index in [1.54, 1.807) is 4.68 Å². The van der Waals surface area contributed by atoms with Crippen LogP contribution < -0.4 is 0 Å². The molecule has 21 heavy (non-hydrogen) atoms. The molecule has 0 spiro atoms. The molecule has 0 N–H and O–H groups in total. The molecule has 2 nitrogen and oxygen atoms in total. The lowest BCUT2D eigenvalue weighted by molar-refractivity contribution is 0.884. The Morgan fingerprint density at radius 1 is 0.952 bits per heavy atom. The minimum absolute atomic E-state index is 0.285. The van der Waals surface area contributed by atoms with Gasteiger partial charge in [-0.25, -0.2) is 4.68 Å². The quantitative estimate of drug-likeness (QED) is 0.570. The lowest BCUT2D eigenvalue weighted by Gasteiger charge is -2.02. The van der Waals surface area contributed by atoms with E-state index in [0.717, 1.165) is 22.5 Å². The topological polar surface area (TPSA) is 17.8 Å². The number of halogens is 3. The molecule has 0 aliphatic carbocycles. The summed E-state index contributed by atoms with van der Waals surface area (Å²) in [7, 11) is 0. The Bertz CT molecular complexity index is 766. The molecule has 0 bridgehead atoms. The normalized spacial score (nSPS) is 10.8. The number of hydrogen-bond donors (Lipinski definition) is 0. The van der Waals surface area contributed by atoms with Gasteiger partial charge in [-0.15, -0.1) is 11.6 Å². The SMILES string of the molecule is ClCc1c(-c2cccc(Cl)c2)nn(-c2ccccc2)c1Cl. The van der Waals surface area contributed by atoms with E-state index in [9.17, 15) is 0 Å². The molecule has 1 heterocycles. The maximum absolute atomic E-state index is 6.44. The van der Waals surface area contributed by atoms with Gasteiger partial charge in [0, 0.05) is 16.1 Å². The van der Waals surface area contributed by atoms with Gasteiger partial charge >= 0.3 is 0 Å². The van der Waals surface area contributed by atoms with Crippen molar-refractivity contribution in [1.82, 2.24) is 9.78 Å². The summed E-state index contributed by atoms with van der Waals surface area (Å²) < 4.78 is 1.69. The fraction of sp³-hybridized carbons (Fsp3) is 0.0625. The minimum Gasteiger partial charge on any atom is -0.221 e. The van der Waals surface area contributed by atoms with Crippen molar-refractivity contribution in [3.8, 4) is 16.9 Å². The molecule has 0 aliphatic rings. The molecule has 0 fully saturated rings. The fourth-order valence-electron chi connectivity index (χ4n) is 2.16. The largest absolute Gasteiger partial charge is 0.221 e. The van der Waals surface area contributed by atoms with Gasteiger partial charge in [-0.05, 0) is 24.3 Å². The van der Waals surface area contributed by atoms with Crippen LogP contribution >= 0.6 is 34.8 Å². The minimum atomic E-state index is 0.285. The number of rotatable bonds is 3. The van der Waals surface area contributed by atoms with E-state index in [0.29, 0.717) is 10.2 Å². The molecule has 3 aromatic rings. The van der Waals surface area contributed by atoms with Crippen molar-refractivity contribution in [2.24, 2.45) is 0 Å². The van der Waals surface area contributed by atoms with Gasteiger partial charge in [0.15, 0.2) is 0 Å². The predicted octanol–water partition coefficient (Wildman–Crippen LogP) is 5.58. The van der Waals surface area contributed by atoms with E-state index in [1.165, 1.54) is 0 Å². The van der Waals surface area contributed by atoms with Crippen LogP contribution in [-0.4, -0.2) is 9.78 Å². The van der Waals surface area contributed by atoms with Crippen LogP contribution in [0.25, 0.3) is 16.9 Å². The molecule has 0 amide bonds. The summed E-state index contributed by atoms with van der Waals surface area (Å²) in [5.41, 5.74) is 3.34. The first-order valence-corrected chi connectivity index (χ1v) is 7.64. The van der Waals surface area contributed by atoms with Crippen LogP contribution in [0.1, 0.15) is 5.56 Å². The van der Waals surface area contributed by atoms with E-state index in [1.807, 2.05) is 54.6 Å². The molecule has 0 atom stereocenters. The van der Waals surface area contributed by atoms with Gasteiger partial charge < -0.3 is 0 Å². The summed E-state index contributed by atoms with van der Waals surface area (Å²) in [5.74, 6) is 0.285. The molecule has 3 rings (SSSR count). The van der Waals surface area contributed by atoms with Gasteiger partial charge in [-0.2, -0.15) is 5.10 Å². The highest BCUT2D eigenvalue weighted by Gasteiger charge is 2.18. The Morgan fingerprint density at radius 3 is 2.38 bits per heavy atom. The third kappa shape index (κ3) is 2.80. The van der Waals surface area contributed by atoms with Crippen molar-refractivity contribution < 1.29 is 0 Å². The number of hydrogen-bond acceptors (Lipinski definition) is 1. The van der Waals surface area contributed by atoms with Crippen molar-refractivity contribution in [2.75, 3.05) is 0 Å². The molecule has 106 valence electrons. The third-order valence-electron chi connectivity index (χ3n) is 3.15. The molecule has 0 radical (unpaired) electrons. The highest BCUT2D eigenvalue weighted by atomic mass is 35.5. The second kappa shape index (κ2) is 6.10. The smallest absolute Gasteiger partial charge is 0.137 e. The zero-order valence-electron chi connectivity index (χ0n) is 10.9. The van der Waals surface area contributed by atoms with E-state index in [4.69, 9.17) is 34.8 Å². The number of benzene rings is 2. The monoisotopic (exact) mass is 336 g/mol. The molecule has 1 aromatic heterocycles. The average molecular weight is 338 g/mol. The molecule has 5 heteroatoms.